The second-order valence-electron chi connectivity index (χ2n) is 4.67. The lowest BCUT2D eigenvalue weighted by Gasteiger charge is -2.23. The first-order chi connectivity index (χ1) is 9.60. The Morgan fingerprint density at radius 3 is 2.15 bits per heavy atom. The summed E-state index contributed by atoms with van der Waals surface area (Å²) in [5.74, 6) is -0.401. The van der Waals surface area contributed by atoms with E-state index in [1.54, 1.807) is 12.1 Å². The van der Waals surface area contributed by atoms with Crippen molar-refractivity contribution in [3.8, 4) is 0 Å². The number of rotatable bonds is 5. The zero-order valence-electron chi connectivity index (χ0n) is 11.5. The average Bonchev–Trinajstić information content (AvgIpc) is 2.46. The van der Waals surface area contributed by atoms with Gasteiger partial charge in [0.2, 0.25) is 5.91 Å². The molecule has 0 aliphatic carbocycles. The molecule has 20 heavy (non-hydrogen) atoms. The Hall–Kier alpha value is -2.49. The van der Waals surface area contributed by atoms with Crippen LogP contribution in [0, 0.1) is 0 Å². The van der Waals surface area contributed by atoms with Gasteiger partial charge in [-0.1, -0.05) is 12.1 Å². The van der Waals surface area contributed by atoms with Crippen LogP contribution < -0.4 is 16.4 Å². The van der Waals surface area contributed by atoms with Gasteiger partial charge in [0.05, 0.1) is 0 Å². The molecule has 4 N–H and O–H groups in total. The maximum absolute atomic E-state index is 11.0. The first kappa shape index (κ1) is 13.9. The highest BCUT2D eigenvalue weighted by molar-refractivity contribution is 5.92. The molecule has 4 nitrogen and oxygen atoms in total. The molecule has 0 aromatic heterocycles. The predicted octanol–water partition coefficient (Wildman–Crippen LogP) is 2.39. The Kier molecular flexibility index (Phi) is 4.25. The van der Waals surface area contributed by atoms with Gasteiger partial charge >= 0.3 is 0 Å². The number of primary amides is 1. The molecule has 2 aromatic carbocycles. The van der Waals surface area contributed by atoms with Crippen molar-refractivity contribution in [2.45, 2.75) is 13.5 Å². The number of anilines is 2. The number of nitrogen functional groups attached to an aromatic ring is 1. The quantitative estimate of drug-likeness (QED) is 0.819. The Morgan fingerprint density at radius 1 is 1.05 bits per heavy atom. The summed E-state index contributed by atoms with van der Waals surface area (Å²) in [4.78, 5) is 13.3. The lowest BCUT2D eigenvalue weighted by atomic mass is 10.1. The van der Waals surface area contributed by atoms with Crippen LogP contribution in [0.5, 0.6) is 0 Å². The Morgan fingerprint density at radius 2 is 1.65 bits per heavy atom. The Labute approximate surface area is 119 Å². The molecule has 0 heterocycles. The molecule has 104 valence electrons. The van der Waals surface area contributed by atoms with Gasteiger partial charge in [-0.3, -0.25) is 4.79 Å². The third kappa shape index (κ3) is 3.29. The normalized spacial score (nSPS) is 10.2. The van der Waals surface area contributed by atoms with Crippen LogP contribution in [0.3, 0.4) is 0 Å². The van der Waals surface area contributed by atoms with Gasteiger partial charge in [-0.05, 0) is 48.9 Å². The standard InChI is InChI=1S/C16H19N3O/c1-2-19(15-9-7-14(17)8-10-15)11-12-3-5-13(6-4-12)16(18)20/h3-10H,2,11,17H2,1H3,(H2,18,20). The van der Waals surface area contributed by atoms with Gasteiger partial charge < -0.3 is 16.4 Å². The minimum Gasteiger partial charge on any atom is -0.399 e. The van der Waals surface area contributed by atoms with E-state index in [9.17, 15) is 4.79 Å². The molecular weight excluding hydrogens is 250 g/mol. The van der Waals surface area contributed by atoms with Crippen molar-refractivity contribution in [3.63, 3.8) is 0 Å². The molecule has 0 radical (unpaired) electrons. The third-order valence-corrected chi connectivity index (χ3v) is 3.25. The first-order valence-corrected chi connectivity index (χ1v) is 6.59. The molecule has 0 atom stereocenters. The van der Waals surface area contributed by atoms with Crippen LogP contribution in [0.2, 0.25) is 0 Å². The average molecular weight is 269 g/mol. The summed E-state index contributed by atoms with van der Waals surface area (Å²) >= 11 is 0. The van der Waals surface area contributed by atoms with Gasteiger partial charge in [0.15, 0.2) is 0 Å². The number of carbonyl (C=O) groups is 1. The highest BCUT2D eigenvalue weighted by Crippen LogP contribution is 2.18. The highest BCUT2D eigenvalue weighted by Gasteiger charge is 2.06. The summed E-state index contributed by atoms with van der Waals surface area (Å²) in [6, 6.07) is 15.2. The molecule has 0 saturated carbocycles. The lowest BCUT2D eigenvalue weighted by Crippen LogP contribution is -2.22. The first-order valence-electron chi connectivity index (χ1n) is 6.59. The summed E-state index contributed by atoms with van der Waals surface area (Å²) in [5, 5.41) is 0. The minimum atomic E-state index is -0.401. The van der Waals surface area contributed by atoms with Crippen molar-refractivity contribution in [3.05, 3.63) is 59.7 Å². The molecule has 2 rings (SSSR count). The number of amides is 1. The van der Waals surface area contributed by atoms with Crippen LogP contribution in [0.15, 0.2) is 48.5 Å². The molecule has 1 amide bonds. The van der Waals surface area contributed by atoms with Gasteiger partial charge in [-0.25, -0.2) is 0 Å². The molecule has 0 spiro atoms. The summed E-state index contributed by atoms with van der Waals surface area (Å²) in [5.41, 5.74) is 14.5. The van der Waals surface area contributed by atoms with E-state index in [2.05, 4.69) is 11.8 Å². The topological polar surface area (TPSA) is 72.3 Å². The summed E-state index contributed by atoms with van der Waals surface area (Å²) in [6.45, 7) is 3.77. The van der Waals surface area contributed by atoms with Crippen molar-refractivity contribution in [1.29, 1.82) is 0 Å². The minimum absolute atomic E-state index is 0.401. The molecule has 0 unspecified atom stereocenters. The number of hydrogen-bond acceptors (Lipinski definition) is 3. The molecular formula is C16H19N3O. The summed E-state index contributed by atoms with van der Waals surface area (Å²) < 4.78 is 0. The molecule has 0 aliphatic heterocycles. The van der Waals surface area contributed by atoms with Crippen LogP contribution >= 0.6 is 0 Å². The molecule has 4 heteroatoms. The fraction of sp³-hybridized carbons (Fsp3) is 0.188. The van der Waals surface area contributed by atoms with E-state index in [0.29, 0.717) is 5.56 Å². The maximum Gasteiger partial charge on any atom is 0.248 e. The summed E-state index contributed by atoms with van der Waals surface area (Å²) in [7, 11) is 0. The van der Waals surface area contributed by atoms with Gasteiger partial charge in [-0.2, -0.15) is 0 Å². The van der Waals surface area contributed by atoms with Gasteiger partial charge in [0.25, 0.3) is 0 Å². The van der Waals surface area contributed by atoms with Gasteiger partial charge in [0, 0.05) is 30.0 Å². The molecule has 0 aliphatic rings. The van der Waals surface area contributed by atoms with Gasteiger partial charge in [-0.15, -0.1) is 0 Å². The largest absolute Gasteiger partial charge is 0.399 e. The van der Waals surface area contributed by atoms with E-state index < -0.39 is 5.91 Å². The number of nitrogens with zero attached hydrogens (tertiary/aromatic N) is 1. The van der Waals surface area contributed by atoms with Gasteiger partial charge in [0.1, 0.15) is 0 Å². The maximum atomic E-state index is 11.0. The molecule has 2 aromatic rings. The van der Waals surface area contributed by atoms with Crippen LogP contribution in [-0.2, 0) is 6.54 Å². The zero-order chi connectivity index (χ0) is 14.5. The van der Waals surface area contributed by atoms with E-state index in [4.69, 9.17) is 11.5 Å². The second kappa shape index (κ2) is 6.10. The number of carbonyl (C=O) groups excluding carboxylic acids is 1. The fourth-order valence-electron chi connectivity index (χ4n) is 2.07. The van der Waals surface area contributed by atoms with Crippen molar-refractivity contribution < 1.29 is 4.79 Å². The molecule has 0 saturated heterocycles. The van der Waals surface area contributed by atoms with Crippen LogP contribution in [0.4, 0.5) is 11.4 Å². The van der Waals surface area contributed by atoms with Crippen LogP contribution in [-0.4, -0.2) is 12.5 Å². The van der Waals surface area contributed by atoms with Crippen LogP contribution in [0.25, 0.3) is 0 Å². The van der Waals surface area contributed by atoms with E-state index in [1.807, 2.05) is 36.4 Å². The highest BCUT2D eigenvalue weighted by atomic mass is 16.1. The van der Waals surface area contributed by atoms with Crippen molar-refractivity contribution in [2.75, 3.05) is 17.2 Å². The predicted molar refractivity (Wildman–Crippen MR) is 82.5 cm³/mol. The SMILES string of the molecule is CCN(Cc1ccc(C(N)=O)cc1)c1ccc(N)cc1. The lowest BCUT2D eigenvalue weighted by molar-refractivity contribution is 0.100. The van der Waals surface area contributed by atoms with Crippen molar-refractivity contribution in [2.24, 2.45) is 5.73 Å². The van der Waals surface area contributed by atoms with Crippen molar-refractivity contribution in [1.82, 2.24) is 0 Å². The smallest absolute Gasteiger partial charge is 0.248 e. The fourth-order valence-corrected chi connectivity index (χ4v) is 2.07. The molecule has 0 fully saturated rings. The summed E-state index contributed by atoms with van der Waals surface area (Å²) in [6.07, 6.45) is 0. The Balaban J connectivity index is 2.13. The molecule has 0 bridgehead atoms. The monoisotopic (exact) mass is 269 g/mol. The Bertz CT molecular complexity index is 576. The van der Waals surface area contributed by atoms with E-state index in [-0.39, 0.29) is 0 Å². The van der Waals surface area contributed by atoms with E-state index in [1.165, 1.54) is 0 Å². The number of hydrogen-bond donors (Lipinski definition) is 2. The van der Waals surface area contributed by atoms with E-state index >= 15 is 0 Å². The zero-order valence-corrected chi connectivity index (χ0v) is 11.5. The van der Waals surface area contributed by atoms with Crippen LogP contribution in [0.1, 0.15) is 22.8 Å². The number of nitrogens with two attached hydrogens (primary N) is 2. The number of benzene rings is 2. The van der Waals surface area contributed by atoms with E-state index in [0.717, 1.165) is 30.0 Å². The third-order valence-electron chi connectivity index (χ3n) is 3.25. The van der Waals surface area contributed by atoms with Crippen molar-refractivity contribution >= 4 is 17.3 Å². The second-order valence-corrected chi connectivity index (χ2v) is 4.67.